The van der Waals surface area contributed by atoms with E-state index in [9.17, 15) is 0 Å². The van der Waals surface area contributed by atoms with Gasteiger partial charge in [0.2, 0.25) is 0 Å². The molecule has 0 atom stereocenters. The Morgan fingerprint density at radius 3 is 1.47 bits per heavy atom. The number of benzene rings is 11. The molecule has 0 saturated heterocycles. The Kier molecular flexibility index (Phi) is 8.47. The first-order valence-electron chi connectivity index (χ1n) is 21.5. The highest BCUT2D eigenvalue weighted by Crippen LogP contribution is 2.58. The van der Waals surface area contributed by atoms with E-state index in [1.54, 1.807) is 0 Å². The largest absolute Gasteiger partial charge is 0.310 e. The first-order valence-corrected chi connectivity index (χ1v) is 21.5. The van der Waals surface area contributed by atoms with Crippen LogP contribution in [0.25, 0.3) is 65.7 Å². The van der Waals surface area contributed by atoms with Crippen molar-refractivity contribution in [2.45, 2.75) is 5.41 Å². The summed E-state index contributed by atoms with van der Waals surface area (Å²) in [6.45, 7) is 0. The fraction of sp³-hybridized carbons (Fsp3) is 0.0164. The molecule has 0 saturated carbocycles. The molecule has 0 spiro atoms. The second-order valence-electron chi connectivity index (χ2n) is 16.4. The third-order valence-electron chi connectivity index (χ3n) is 13.1. The summed E-state index contributed by atoms with van der Waals surface area (Å²) in [5.41, 5.74) is 15.5. The van der Waals surface area contributed by atoms with Crippen LogP contribution in [0.2, 0.25) is 0 Å². The van der Waals surface area contributed by atoms with Gasteiger partial charge in [0.25, 0.3) is 0 Å². The van der Waals surface area contributed by atoms with E-state index >= 15 is 0 Å². The lowest BCUT2D eigenvalue weighted by Crippen LogP contribution is -2.28. The Morgan fingerprint density at radius 2 is 0.774 bits per heavy atom. The lowest BCUT2D eigenvalue weighted by atomic mass is 9.67. The molecular formula is C61H41N. The molecule has 0 unspecified atom stereocenters. The fourth-order valence-electron chi connectivity index (χ4n) is 10.4. The number of hydrogen-bond donors (Lipinski definition) is 0. The van der Waals surface area contributed by atoms with Gasteiger partial charge in [-0.3, -0.25) is 0 Å². The van der Waals surface area contributed by atoms with E-state index in [2.05, 4.69) is 254 Å². The minimum Gasteiger partial charge on any atom is -0.310 e. The van der Waals surface area contributed by atoms with Gasteiger partial charge in [0.1, 0.15) is 0 Å². The molecule has 1 aliphatic rings. The number of rotatable bonds is 7. The van der Waals surface area contributed by atoms with Gasteiger partial charge in [0.15, 0.2) is 0 Å². The Balaban J connectivity index is 1.00. The molecule has 0 aromatic heterocycles. The van der Waals surface area contributed by atoms with Gasteiger partial charge in [-0.2, -0.15) is 0 Å². The SMILES string of the molecule is c1ccc(C2(c3ccccc3)c3ccccc3-c3c(-c4ccc(N(c5ccc(-c6cc7ccccc7c7ccccc67)cc5)c5cccc6ccccc56)cc4)cccc32)cc1. The Hall–Kier alpha value is -8.00. The first-order chi connectivity index (χ1) is 30.8. The standard InChI is InChI=1S/C61H41N/c1-3-20-46(21-4-1)61(47-22-5-2-6-23-47)57-30-14-13-28-55(57)60-52(29-16-31-58(60)61)43-33-37-48(38-34-43)62(59-32-15-19-42-17-7-10-25-51(42)59)49-39-35-44(36-40-49)56-41-45-18-8-9-24-50(45)53-26-11-12-27-54(53)56/h1-41H. The number of fused-ring (bicyclic) bond motifs is 7. The summed E-state index contributed by atoms with van der Waals surface area (Å²) >= 11 is 0. The van der Waals surface area contributed by atoms with Gasteiger partial charge in [0.05, 0.1) is 11.1 Å². The minimum atomic E-state index is -0.444. The third kappa shape index (κ3) is 5.56. The minimum absolute atomic E-state index is 0.444. The van der Waals surface area contributed by atoms with Crippen LogP contribution in [0, 0.1) is 0 Å². The first kappa shape index (κ1) is 35.9. The molecule has 1 heteroatoms. The predicted molar refractivity (Wildman–Crippen MR) is 262 cm³/mol. The van der Waals surface area contributed by atoms with E-state index in [0.717, 1.165) is 17.1 Å². The van der Waals surface area contributed by atoms with Crippen LogP contribution in [-0.2, 0) is 5.41 Å². The summed E-state index contributed by atoms with van der Waals surface area (Å²) in [7, 11) is 0. The molecule has 290 valence electrons. The van der Waals surface area contributed by atoms with E-state index in [1.165, 1.54) is 88.0 Å². The van der Waals surface area contributed by atoms with Crippen molar-refractivity contribution in [3.8, 4) is 33.4 Å². The zero-order valence-corrected chi connectivity index (χ0v) is 34.1. The van der Waals surface area contributed by atoms with E-state index in [4.69, 9.17) is 0 Å². The molecule has 0 radical (unpaired) electrons. The van der Waals surface area contributed by atoms with Crippen LogP contribution < -0.4 is 4.90 Å². The van der Waals surface area contributed by atoms with Gasteiger partial charge >= 0.3 is 0 Å². The molecular weight excluding hydrogens is 747 g/mol. The fourth-order valence-corrected chi connectivity index (χ4v) is 10.4. The second-order valence-corrected chi connectivity index (χ2v) is 16.4. The average Bonchev–Trinajstić information content (AvgIpc) is 3.66. The summed E-state index contributed by atoms with van der Waals surface area (Å²) < 4.78 is 0. The van der Waals surface area contributed by atoms with Crippen molar-refractivity contribution in [2.75, 3.05) is 4.90 Å². The van der Waals surface area contributed by atoms with Crippen molar-refractivity contribution < 1.29 is 0 Å². The van der Waals surface area contributed by atoms with Crippen molar-refractivity contribution in [1.82, 2.24) is 0 Å². The lowest BCUT2D eigenvalue weighted by molar-refractivity contribution is 0.768. The number of nitrogens with zero attached hydrogens (tertiary/aromatic N) is 1. The van der Waals surface area contributed by atoms with Gasteiger partial charge in [-0.15, -0.1) is 0 Å². The van der Waals surface area contributed by atoms with Crippen LogP contribution >= 0.6 is 0 Å². The highest BCUT2D eigenvalue weighted by molar-refractivity contribution is 6.14. The molecule has 11 aromatic carbocycles. The van der Waals surface area contributed by atoms with Crippen molar-refractivity contribution in [1.29, 1.82) is 0 Å². The number of anilines is 3. The summed E-state index contributed by atoms with van der Waals surface area (Å²) in [5, 5.41) is 7.50. The molecule has 62 heavy (non-hydrogen) atoms. The molecule has 0 heterocycles. The van der Waals surface area contributed by atoms with E-state index in [-0.39, 0.29) is 0 Å². The maximum atomic E-state index is 2.41. The van der Waals surface area contributed by atoms with Gasteiger partial charge in [-0.25, -0.2) is 0 Å². The molecule has 0 fully saturated rings. The lowest BCUT2D eigenvalue weighted by Gasteiger charge is -2.34. The van der Waals surface area contributed by atoms with Crippen LogP contribution in [0.5, 0.6) is 0 Å². The van der Waals surface area contributed by atoms with Crippen LogP contribution in [0.3, 0.4) is 0 Å². The maximum absolute atomic E-state index is 2.41. The van der Waals surface area contributed by atoms with Crippen molar-refractivity contribution in [3.63, 3.8) is 0 Å². The summed E-state index contributed by atoms with van der Waals surface area (Å²) in [6.07, 6.45) is 0. The molecule has 0 aliphatic heterocycles. The maximum Gasteiger partial charge on any atom is 0.0713 e. The Labute approximate surface area is 362 Å². The van der Waals surface area contributed by atoms with Gasteiger partial charge in [-0.05, 0) is 119 Å². The van der Waals surface area contributed by atoms with Crippen LogP contribution in [-0.4, -0.2) is 0 Å². The third-order valence-corrected chi connectivity index (χ3v) is 13.1. The molecule has 0 N–H and O–H groups in total. The summed E-state index contributed by atoms with van der Waals surface area (Å²) in [6, 6.07) is 91.5. The van der Waals surface area contributed by atoms with Crippen LogP contribution in [0.1, 0.15) is 22.3 Å². The zero-order chi connectivity index (χ0) is 41.0. The molecule has 12 rings (SSSR count). The smallest absolute Gasteiger partial charge is 0.0713 e. The Bertz CT molecular complexity index is 3400. The zero-order valence-electron chi connectivity index (χ0n) is 34.1. The topological polar surface area (TPSA) is 3.24 Å². The molecule has 1 nitrogen and oxygen atoms in total. The van der Waals surface area contributed by atoms with E-state index in [0.29, 0.717) is 0 Å². The van der Waals surface area contributed by atoms with Crippen molar-refractivity contribution in [3.05, 3.63) is 271 Å². The molecule has 0 amide bonds. The summed E-state index contributed by atoms with van der Waals surface area (Å²) in [5.74, 6) is 0. The highest BCUT2D eigenvalue weighted by Gasteiger charge is 2.46. The number of hydrogen-bond acceptors (Lipinski definition) is 1. The van der Waals surface area contributed by atoms with Gasteiger partial charge < -0.3 is 4.90 Å². The highest BCUT2D eigenvalue weighted by atomic mass is 15.1. The normalized spacial score (nSPS) is 12.6. The van der Waals surface area contributed by atoms with E-state index in [1.807, 2.05) is 0 Å². The van der Waals surface area contributed by atoms with Crippen molar-refractivity contribution in [2.24, 2.45) is 0 Å². The second kappa shape index (κ2) is 14.6. The van der Waals surface area contributed by atoms with Gasteiger partial charge in [0, 0.05) is 16.8 Å². The quantitative estimate of drug-likeness (QED) is 0.145. The summed E-state index contributed by atoms with van der Waals surface area (Å²) in [4.78, 5) is 2.41. The molecule has 11 aromatic rings. The Morgan fingerprint density at radius 1 is 0.290 bits per heavy atom. The van der Waals surface area contributed by atoms with E-state index < -0.39 is 5.41 Å². The molecule has 0 bridgehead atoms. The predicted octanol–water partition coefficient (Wildman–Crippen LogP) is 16.3. The van der Waals surface area contributed by atoms with Crippen LogP contribution in [0.15, 0.2) is 249 Å². The van der Waals surface area contributed by atoms with Crippen molar-refractivity contribution >= 4 is 49.4 Å². The molecule has 1 aliphatic carbocycles. The monoisotopic (exact) mass is 787 g/mol. The van der Waals surface area contributed by atoms with Crippen LogP contribution in [0.4, 0.5) is 17.1 Å². The van der Waals surface area contributed by atoms with Gasteiger partial charge in [-0.1, -0.05) is 212 Å². The average molecular weight is 788 g/mol.